The molecule has 0 saturated carbocycles. The summed E-state index contributed by atoms with van der Waals surface area (Å²) in [6.07, 6.45) is 1.19. The zero-order valence-electron chi connectivity index (χ0n) is 11.0. The predicted molar refractivity (Wildman–Crippen MR) is 69.9 cm³/mol. The van der Waals surface area contributed by atoms with Crippen molar-refractivity contribution in [2.75, 3.05) is 7.11 Å². The first-order valence-corrected chi connectivity index (χ1v) is 6.14. The second-order valence-electron chi connectivity index (χ2n) is 4.37. The van der Waals surface area contributed by atoms with E-state index in [9.17, 15) is 4.79 Å². The lowest BCUT2D eigenvalue weighted by Crippen LogP contribution is -2.26. The first kappa shape index (κ1) is 14.7. The van der Waals surface area contributed by atoms with Gasteiger partial charge in [0.25, 0.3) is 0 Å². The lowest BCUT2D eigenvalue weighted by molar-refractivity contribution is -0.140. The zero-order chi connectivity index (χ0) is 13.4. The molecule has 1 aromatic rings. The fourth-order valence-electron chi connectivity index (χ4n) is 1.67. The van der Waals surface area contributed by atoms with Gasteiger partial charge in [-0.2, -0.15) is 0 Å². The van der Waals surface area contributed by atoms with Crippen molar-refractivity contribution in [3.63, 3.8) is 0 Å². The number of rotatable bonds is 7. The van der Waals surface area contributed by atoms with Crippen LogP contribution in [-0.4, -0.2) is 24.2 Å². The van der Waals surface area contributed by atoms with Crippen LogP contribution < -0.4 is 5.32 Å². The van der Waals surface area contributed by atoms with Gasteiger partial charge < -0.3 is 15.2 Å². The maximum absolute atomic E-state index is 11.0. The average molecular weight is 251 g/mol. The number of carbonyl (C=O) groups excluding carboxylic acids is 1. The quantitative estimate of drug-likeness (QED) is 0.723. The molecule has 0 unspecified atom stereocenters. The van der Waals surface area contributed by atoms with E-state index in [-0.39, 0.29) is 18.6 Å². The van der Waals surface area contributed by atoms with Crippen LogP contribution in [0.3, 0.4) is 0 Å². The molecular weight excluding hydrogens is 230 g/mol. The average Bonchev–Trinajstić information content (AvgIpc) is 2.42. The maximum Gasteiger partial charge on any atom is 0.305 e. The highest BCUT2D eigenvalue weighted by Gasteiger charge is 2.06. The van der Waals surface area contributed by atoms with Gasteiger partial charge in [0, 0.05) is 19.0 Å². The number of benzene rings is 1. The van der Waals surface area contributed by atoms with Crippen molar-refractivity contribution in [2.24, 2.45) is 0 Å². The first-order chi connectivity index (χ1) is 8.65. The summed E-state index contributed by atoms with van der Waals surface area (Å²) < 4.78 is 4.60. The number of esters is 1. The van der Waals surface area contributed by atoms with Gasteiger partial charge in [0.05, 0.1) is 13.7 Å². The summed E-state index contributed by atoms with van der Waals surface area (Å²) in [5.41, 5.74) is 2.04. The van der Waals surface area contributed by atoms with E-state index < -0.39 is 0 Å². The minimum Gasteiger partial charge on any atom is -0.469 e. The number of carbonyl (C=O) groups is 1. The summed E-state index contributed by atoms with van der Waals surface area (Å²) in [5, 5.41) is 12.4. The van der Waals surface area contributed by atoms with E-state index in [0.717, 1.165) is 24.1 Å². The third-order valence-corrected chi connectivity index (χ3v) is 2.84. The topological polar surface area (TPSA) is 58.6 Å². The van der Waals surface area contributed by atoms with Crippen molar-refractivity contribution in [3.05, 3.63) is 35.4 Å². The molecule has 2 N–H and O–H groups in total. The molecule has 0 bridgehead atoms. The molecule has 0 aliphatic rings. The molecule has 0 aliphatic carbocycles. The van der Waals surface area contributed by atoms with E-state index in [0.29, 0.717) is 6.42 Å². The van der Waals surface area contributed by atoms with Gasteiger partial charge in [0.15, 0.2) is 0 Å². The summed E-state index contributed by atoms with van der Waals surface area (Å²) in [6, 6.07) is 8.06. The van der Waals surface area contributed by atoms with Crippen LogP contribution in [0.4, 0.5) is 0 Å². The van der Waals surface area contributed by atoms with Crippen LogP contribution in [0.2, 0.25) is 0 Å². The van der Waals surface area contributed by atoms with Crippen molar-refractivity contribution in [3.8, 4) is 0 Å². The molecule has 0 radical (unpaired) electrons. The van der Waals surface area contributed by atoms with Crippen LogP contribution in [0.5, 0.6) is 0 Å². The van der Waals surface area contributed by atoms with E-state index in [4.69, 9.17) is 5.11 Å². The molecule has 1 aromatic carbocycles. The molecule has 0 amide bonds. The third kappa shape index (κ3) is 5.29. The number of nitrogens with one attached hydrogen (secondary N) is 1. The smallest absolute Gasteiger partial charge is 0.305 e. The Morgan fingerprint density at radius 2 is 2.17 bits per heavy atom. The number of hydrogen-bond donors (Lipinski definition) is 2. The van der Waals surface area contributed by atoms with E-state index in [1.807, 2.05) is 31.2 Å². The zero-order valence-corrected chi connectivity index (χ0v) is 11.0. The standard InChI is InChI=1S/C14H21NO3/c1-11(6-7-14(17)18-2)15-9-12-4-3-5-13(8-12)10-16/h3-5,8,11,15-16H,6-7,9-10H2,1-2H3/t11-/m0/s1. The van der Waals surface area contributed by atoms with Crippen LogP contribution in [-0.2, 0) is 22.7 Å². The molecular formula is C14H21NO3. The number of aliphatic hydroxyl groups is 1. The highest BCUT2D eigenvalue weighted by molar-refractivity contribution is 5.69. The van der Waals surface area contributed by atoms with Gasteiger partial charge in [-0.25, -0.2) is 0 Å². The molecule has 0 heterocycles. The molecule has 4 heteroatoms. The molecule has 0 aromatic heterocycles. The monoisotopic (exact) mass is 251 g/mol. The van der Waals surface area contributed by atoms with Gasteiger partial charge in [-0.3, -0.25) is 4.79 Å². The SMILES string of the molecule is COC(=O)CC[C@H](C)NCc1cccc(CO)c1. The number of ether oxygens (including phenoxy) is 1. The molecule has 18 heavy (non-hydrogen) atoms. The van der Waals surface area contributed by atoms with E-state index in [1.54, 1.807) is 0 Å². The van der Waals surface area contributed by atoms with E-state index in [1.165, 1.54) is 7.11 Å². The van der Waals surface area contributed by atoms with Crippen molar-refractivity contribution >= 4 is 5.97 Å². The summed E-state index contributed by atoms with van der Waals surface area (Å²) in [5.74, 6) is -0.175. The van der Waals surface area contributed by atoms with E-state index >= 15 is 0 Å². The first-order valence-electron chi connectivity index (χ1n) is 6.14. The summed E-state index contributed by atoms with van der Waals surface area (Å²) in [7, 11) is 1.40. The summed E-state index contributed by atoms with van der Waals surface area (Å²) in [4.78, 5) is 11.0. The highest BCUT2D eigenvalue weighted by Crippen LogP contribution is 2.06. The number of hydrogen-bond acceptors (Lipinski definition) is 4. The third-order valence-electron chi connectivity index (χ3n) is 2.84. The van der Waals surface area contributed by atoms with Crippen LogP contribution in [0, 0.1) is 0 Å². The molecule has 0 saturated heterocycles. The largest absolute Gasteiger partial charge is 0.469 e. The van der Waals surface area contributed by atoms with Crippen molar-refractivity contribution in [1.29, 1.82) is 0 Å². The van der Waals surface area contributed by atoms with Gasteiger partial charge in [-0.15, -0.1) is 0 Å². The summed E-state index contributed by atoms with van der Waals surface area (Å²) in [6.45, 7) is 2.83. The van der Waals surface area contributed by atoms with Gasteiger partial charge >= 0.3 is 5.97 Å². The molecule has 0 aliphatic heterocycles. The molecule has 1 atom stereocenters. The fourth-order valence-corrected chi connectivity index (χ4v) is 1.67. The normalized spacial score (nSPS) is 12.2. The Morgan fingerprint density at radius 1 is 1.44 bits per heavy atom. The molecule has 1 rings (SSSR count). The fraction of sp³-hybridized carbons (Fsp3) is 0.500. The number of methoxy groups -OCH3 is 1. The Hall–Kier alpha value is -1.39. The Morgan fingerprint density at radius 3 is 2.83 bits per heavy atom. The van der Waals surface area contributed by atoms with Gasteiger partial charge in [-0.05, 0) is 24.5 Å². The minimum atomic E-state index is -0.175. The Bertz CT molecular complexity index is 379. The Kier molecular flexibility index (Phi) is 6.39. The predicted octanol–water partition coefficient (Wildman–Crippen LogP) is 1.61. The van der Waals surface area contributed by atoms with Crippen molar-refractivity contribution < 1.29 is 14.6 Å². The highest BCUT2D eigenvalue weighted by atomic mass is 16.5. The Balaban J connectivity index is 2.33. The molecule has 0 fully saturated rings. The molecule has 100 valence electrons. The van der Waals surface area contributed by atoms with E-state index in [2.05, 4.69) is 10.1 Å². The Labute approximate surface area is 108 Å². The van der Waals surface area contributed by atoms with Gasteiger partial charge in [-0.1, -0.05) is 24.3 Å². The number of aliphatic hydroxyl groups excluding tert-OH is 1. The second-order valence-corrected chi connectivity index (χ2v) is 4.37. The van der Waals surface area contributed by atoms with Crippen LogP contribution in [0.25, 0.3) is 0 Å². The van der Waals surface area contributed by atoms with Crippen LogP contribution in [0.15, 0.2) is 24.3 Å². The lowest BCUT2D eigenvalue weighted by Gasteiger charge is -2.13. The van der Waals surface area contributed by atoms with Crippen molar-refractivity contribution in [2.45, 2.75) is 39.0 Å². The van der Waals surface area contributed by atoms with Gasteiger partial charge in [0.2, 0.25) is 0 Å². The maximum atomic E-state index is 11.0. The van der Waals surface area contributed by atoms with Crippen LogP contribution >= 0.6 is 0 Å². The molecule has 4 nitrogen and oxygen atoms in total. The van der Waals surface area contributed by atoms with Crippen molar-refractivity contribution in [1.82, 2.24) is 5.32 Å². The van der Waals surface area contributed by atoms with Crippen LogP contribution in [0.1, 0.15) is 30.9 Å². The minimum absolute atomic E-state index is 0.0612. The molecule has 0 spiro atoms. The lowest BCUT2D eigenvalue weighted by atomic mass is 10.1. The van der Waals surface area contributed by atoms with Gasteiger partial charge in [0.1, 0.15) is 0 Å². The summed E-state index contributed by atoms with van der Waals surface area (Å²) >= 11 is 0. The second kappa shape index (κ2) is 7.84.